The Labute approximate surface area is 231 Å². The number of carbonyl (C=O) groups is 1. The number of aliphatic hydroxyl groups excluding tert-OH is 1. The van der Waals surface area contributed by atoms with Crippen molar-refractivity contribution in [1.29, 1.82) is 0 Å². The lowest BCUT2D eigenvalue weighted by atomic mass is 10.0. The minimum Gasteiger partial charge on any atom is -0.395 e. The Hall–Kier alpha value is -3.99. The molecule has 4 heterocycles. The fourth-order valence-electron chi connectivity index (χ4n) is 5.12. The highest BCUT2D eigenvalue weighted by Crippen LogP contribution is 2.31. The summed E-state index contributed by atoms with van der Waals surface area (Å²) in [6, 6.07) is 4.25. The van der Waals surface area contributed by atoms with E-state index in [2.05, 4.69) is 38.7 Å². The number of hydrogen-bond acceptors (Lipinski definition) is 7. The summed E-state index contributed by atoms with van der Waals surface area (Å²) in [5, 5.41) is 9.33. The van der Waals surface area contributed by atoms with Gasteiger partial charge in [0.2, 0.25) is 5.95 Å². The first-order valence-corrected chi connectivity index (χ1v) is 13.5. The van der Waals surface area contributed by atoms with Crippen molar-refractivity contribution in [3.63, 3.8) is 0 Å². The topological polar surface area (TPSA) is 100 Å². The largest absolute Gasteiger partial charge is 0.395 e. The standard InChI is InChI=1S/C29H33F2N7O2/c1-18(2)21-14-32-29(33-15-21)37-8-6-22(7-9-37)38-16-24(31)26-25(34-17-35-27(26)38)13-19-4-5-20(12-23(19)30)28(40)36(3)10-11-39/h4-5,12,14-18,22,39H,6-11,13H2,1-3H3. The van der Waals surface area contributed by atoms with E-state index in [0.29, 0.717) is 28.8 Å². The van der Waals surface area contributed by atoms with Crippen molar-refractivity contribution in [2.75, 3.05) is 38.2 Å². The van der Waals surface area contributed by atoms with E-state index in [1.54, 1.807) is 0 Å². The third-order valence-corrected chi connectivity index (χ3v) is 7.55. The van der Waals surface area contributed by atoms with Crippen LogP contribution < -0.4 is 4.90 Å². The molecule has 40 heavy (non-hydrogen) atoms. The molecule has 0 aliphatic carbocycles. The van der Waals surface area contributed by atoms with Crippen molar-refractivity contribution in [2.24, 2.45) is 0 Å². The second-order valence-corrected chi connectivity index (χ2v) is 10.5. The molecule has 9 nitrogen and oxygen atoms in total. The number of rotatable bonds is 8. The zero-order valence-corrected chi connectivity index (χ0v) is 22.9. The monoisotopic (exact) mass is 549 g/mol. The molecule has 0 unspecified atom stereocenters. The van der Waals surface area contributed by atoms with E-state index in [1.165, 1.54) is 42.7 Å². The van der Waals surface area contributed by atoms with Gasteiger partial charge in [0.1, 0.15) is 17.8 Å². The maximum Gasteiger partial charge on any atom is 0.253 e. The van der Waals surface area contributed by atoms with Crippen LogP contribution in [0.4, 0.5) is 14.7 Å². The highest BCUT2D eigenvalue weighted by atomic mass is 19.1. The third-order valence-electron chi connectivity index (χ3n) is 7.55. The van der Waals surface area contributed by atoms with Gasteiger partial charge in [-0.25, -0.2) is 28.7 Å². The minimum absolute atomic E-state index is 0.0406. The number of piperidine rings is 1. The fraction of sp³-hybridized carbons (Fsp3) is 0.414. The van der Waals surface area contributed by atoms with Crippen molar-refractivity contribution in [1.82, 2.24) is 29.4 Å². The average molecular weight is 550 g/mol. The number of carbonyl (C=O) groups excluding carboxylic acids is 1. The number of amides is 1. The van der Waals surface area contributed by atoms with Gasteiger partial charge in [0.15, 0.2) is 5.82 Å². The zero-order chi connectivity index (χ0) is 28.4. The molecular weight excluding hydrogens is 516 g/mol. The van der Waals surface area contributed by atoms with E-state index < -0.39 is 17.5 Å². The number of anilines is 1. The molecule has 1 aromatic carbocycles. The van der Waals surface area contributed by atoms with Crippen molar-refractivity contribution in [3.05, 3.63) is 77.1 Å². The molecule has 1 saturated heterocycles. The lowest BCUT2D eigenvalue weighted by Crippen LogP contribution is -2.35. The molecule has 0 radical (unpaired) electrons. The number of aliphatic hydroxyl groups is 1. The van der Waals surface area contributed by atoms with Gasteiger partial charge in [0, 0.05) is 63.3 Å². The first-order chi connectivity index (χ1) is 19.3. The fourth-order valence-corrected chi connectivity index (χ4v) is 5.12. The van der Waals surface area contributed by atoms with Gasteiger partial charge in [0.05, 0.1) is 17.7 Å². The van der Waals surface area contributed by atoms with Crippen molar-refractivity contribution in [3.8, 4) is 0 Å². The number of fused-ring (bicyclic) bond motifs is 1. The van der Waals surface area contributed by atoms with Crippen LogP contribution in [0.25, 0.3) is 11.0 Å². The molecule has 0 bridgehead atoms. The van der Waals surface area contributed by atoms with Crippen molar-refractivity contribution < 1.29 is 18.7 Å². The number of nitrogens with zero attached hydrogens (tertiary/aromatic N) is 7. The Bertz CT molecular complexity index is 1500. The van der Waals surface area contributed by atoms with Gasteiger partial charge in [-0.1, -0.05) is 19.9 Å². The second-order valence-electron chi connectivity index (χ2n) is 10.5. The van der Waals surface area contributed by atoms with Gasteiger partial charge >= 0.3 is 0 Å². The summed E-state index contributed by atoms with van der Waals surface area (Å²) >= 11 is 0. The van der Waals surface area contributed by atoms with Gasteiger partial charge in [0.25, 0.3) is 5.91 Å². The molecule has 1 fully saturated rings. The molecular formula is C29H33F2N7O2. The molecule has 1 aliphatic heterocycles. The normalized spacial score (nSPS) is 14.3. The first kappa shape index (κ1) is 27.6. The van der Waals surface area contributed by atoms with Gasteiger partial charge in [-0.2, -0.15) is 0 Å². The lowest BCUT2D eigenvalue weighted by Gasteiger charge is -2.32. The highest BCUT2D eigenvalue weighted by molar-refractivity contribution is 5.94. The van der Waals surface area contributed by atoms with Crippen LogP contribution in [0.3, 0.4) is 0 Å². The summed E-state index contributed by atoms with van der Waals surface area (Å²) in [6.07, 6.45) is 8.18. The predicted molar refractivity (Wildman–Crippen MR) is 147 cm³/mol. The maximum absolute atomic E-state index is 15.3. The Morgan fingerprint density at radius 3 is 2.48 bits per heavy atom. The molecule has 0 atom stereocenters. The van der Waals surface area contributed by atoms with Crippen LogP contribution in [0.2, 0.25) is 0 Å². The number of halogens is 2. The van der Waals surface area contributed by atoms with Crippen molar-refractivity contribution in [2.45, 2.75) is 45.1 Å². The quantitative estimate of drug-likeness (QED) is 0.353. The molecule has 210 valence electrons. The Morgan fingerprint density at radius 1 is 1.10 bits per heavy atom. The van der Waals surface area contributed by atoms with E-state index in [0.717, 1.165) is 31.5 Å². The molecule has 4 aromatic rings. The Morgan fingerprint density at radius 2 is 1.82 bits per heavy atom. The number of aromatic nitrogens is 5. The van der Waals surface area contributed by atoms with E-state index >= 15 is 8.78 Å². The van der Waals surface area contributed by atoms with Gasteiger partial charge in [-0.05, 0) is 42.0 Å². The van der Waals surface area contributed by atoms with Crippen LogP contribution in [0.5, 0.6) is 0 Å². The third kappa shape index (κ3) is 5.51. The minimum atomic E-state index is -0.578. The Kier molecular flexibility index (Phi) is 8.02. The summed E-state index contributed by atoms with van der Waals surface area (Å²) in [6.45, 7) is 5.64. The molecule has 5 rings (SSSR count). The second kappa shape index (κ2) is 11.6. The highest BCUT2D eigenvalue weighted by Gasteiger charge is 2.26. The SMILES string of the molecule is CC(C)c1cnc(N2CCC(n3cc(F)c4c(Cc5ccc(C(=O)N(C)CCO)cc5F)ncnc43)CC2)nc1. The molecule has 1 N–H and O–H groups in total. The summed E-state index contributed by atoms with van der Waals surface area (Å²) in [4.78, 5) is 33.6. The molecule has 1 amide bonds. The van der Waals surface area contributed by atoms with Gasteiger partial charge in [-0.3, -0.25) is 4.79 Å². The molecule has 0 spiro atoms. The van der Waals surface area contributed by atoms with Crippen LogP contribution in [-0.2, 0) is 6.42 Å². The Balaban J connectivity index is 1.33. The van der Waals surface area contributed by atoms with Crippen molar-refractivity contribution >= 4 is 22.9 Å². The smallest absolute Gasteiger partial charge is 0.253 e. The average Bonchev–Trinajstić information content (AvgIpc) is 3.31. The molecule has 11 heteroatoms. The molecule has 3 aromatic heterocycles. The molecule has 1 aliphatic rings. The number of hydrogen-bond donors (Lipinski definition) is 1. The van der Waals surface area contributed by atoms with Gasteiger partial charge in [-0.15, -0.1) is 0 Å². The summed E-state index contributed by atoms with van der Waals surface area (Å²) < 4.78 is 32.2. The van der Waals surface area contributed by atoms with Crippen LogP contribution in [0.1, 0.15) is 65.8 Å². The van der Waals surface area contributed by atoms with E-state index in [9.17, 15) is 4.79 Å². The lowest BCUT2D eigenvalue weighted by molar-refractivity contribution is 0.0766. The van der Waals surface area contributed by atoms with Gasteiger partial charge < -0.3 is 19.5 Å². The van der Waals surface area contributed by atoms with E-state index in [4.69, 9.17) is 5.11 Å². The first-order valence-electron chi connectivity index (χ1n) is 13.5. The maximum atomic E-state index is 15.3. The summed E-state index contributed by atoms with van der Waals surface area (Å²) in [7, 11) is 1.54. The number of benzene rings is 1. The van der Waals surface area contributed by atoms with E-state index in [1.807, 2.05) is 17.0 Å². The van der Waals surface area contributed by atoms with Crippen LogP contribution in [0.15, 0.2) is 43.1 Å². The zero-order valence-electron chi connectivity index (χ0n) is 22.9. The number of likely N-dealkylation sites (N-methyl/N-ethyl adjacent to an activating group) is 1. The summed E-state index contributed by atoms with van der Waals surface area (Å²) in [5.41, 5.74) is 2.43. The van der Waals surface area contributed by atoms with Crippen LogP contribution >= 0.6 is 0 Å². The molecule has 0 saturated carbocycles. The van der Waals surface area contributed by atoms with Crippen LogP contribution in [-0.4, -0.2) is 73.7 Å². The van der Waals surface area contributed by atoms with Crippen LogP contribution in [0, 0.1) is 11.6 Å². The van der Waals surface area contributed by atoms with E-state index in [-0.39, 0.29) is 36.6 Å². The predicted octanol–water partition coefficient (Wildman–Crippen LogP) is 4.12. The summed E-state index contributed by atoms with van der Waals surface area (Å²) in [5.74, 6) is -0.347.